The maximum Gasteiger partial charge on any atom is 0.145 e. The first kappa shape index (κ1) is 36.8. The molecule has 0 atom stereocenters. The summed E-state index contributed by atoms with van der Waals surface area (Å²) in [5.41, 5.74) is 15.0. The average Bonchev–Trinajstić information content (AvgIpc) is 3.58. The van der Waals surface area contributed by atoms with Gasteiger partial charge in [-0.3, -0.25) is 9.55 Å². The normalized spacial score (nSPS) is 12.0. The summed E-state index contributed by atoms with van der Waals surface area (Å²) in [6.07, 6.45) is 3.76. The van der Waals surface area contributed by atoms with Crippen molar-refractivity contribution in [1.82, 2.24) is 19.5 Å². The molecule has 0 saturated heterocycles. The van der Waals surface area contributed by atoms with Crippen LogP contribution in [0, 0.1) is 0 Å². The third-order valence-electron chi connectivity index (χ3n) is 11.1. The summed E-state index contributed by atoms with van der Waals surface area (Å²) in [5, 5.41) is 13.3. The van der Waals surface area contributed by atoms with Crippen LogP contribution in [0.3, 0.4) is 0 Å². The number of benzene rings is 5. The molecule has 5 heteroatoms. The molecular formula is C53H46N4O. The number of pyridine rings is 3. The van der Waals surface area contributed by atoms with Crippen molar-refractivity contribution in [1.29, 1.82) is 0 Å². The average molecular weight is 755 g/mol. The molecule has 0 spiro atoms. The smallest absolute Gasteiger partial charge is 0.145 e. The predicted molar refractivity (Wildman–Crippen MR) is 240 cm³/mol. The molecule has 1 N–H and O–H groups in total. The summed E-state index contributed by atoms with van der Waals surface area (Å²) in [5.74, 6) is 0.198. The molecule has 0 aliphatic rings. The fourth-order valence-corrected chi connectivity index (χ4v) is 7.90. The second-order valence-corrected chi connectivity index (χ2v) is 17.2. The Kier molecular flexibility index (Phi) is 9.04. The van der Waals surface area contributed by atoms with Crippen molar-refractivity contribution in [2.24, 2.45) is 0 Å². The van der Waals surface area contributed by atoms with Gasteiger partial charge in [-0.15, -0.1) is 0 Å². The first-order valence-electron chi connectivity index (χ1n) is 19.9. The van der Waals surface area contributed by atoms with Gasteiger partial charge in [-0.1, -0.05) is 120 Å². The Morgan fingerprint density at radius 3 is 1.84 bits per heavy atom. The van der Waals surface area contributed by atoms with E-state index in [0.29, 0.717) is 11.3 Å². The Hall–Kier alpha value is -6.85. The Morgan fingerprint density at radius 1 is 0.466 bits per heavy atom. The van der Waals surface area contributed by atoms with Crippen molar-refractivity contribution in [3.05, 3.63) is 175 Å². The van der Waals surface area contributed by atoms with Gasteiger partial charge in [0.15, 0.2) is 0 Å². The molecule has 0 bridgehead atoms. The molecule has 0 unspecified atom stereocenters. The largest absolute Gasteiger partial charge is 0.507 e. The topological polar surface area (TPSA) is 63.8 Å². The maximum absolute atomic E-state index is 11.0. The van der Waals surface area contributed by atoms with Crippen LogP contribution in [0.15, 0.2) is 164 Å². The highest BCUT2D eigenvalue weighted by molar-refractivity contribution is 6.14. The standard InChI is InChI=1S/C53H46N4O/c1-52(2,3)39-28-37(29-40(33-39)53(4,5)6)38-31-46(56-47(32-38)43-19-10-11-23-49(43)58)36-16-12-15-35(27-36)45-30-34(24-26-54-45)42-20-13-22-48-50(42)44-21-14-25-55-51(44)57(48)41-17-8-7-9-18-41/h7-33,58H,1-6H3. The molecule has 0 amide bonds. The van der Waals surface area contributed by atoms with Crippen molar-refractivity contribution in [2.75, 3.05) is 0 Å². The Balaban J connectivity index is 1.18. The second-order valence-electron chi connectivity index (χ2n) is 17.2. The summed E-state index contributed by atoms with van der Waals surface area (Å²) >= 11 is 0. The Labute approximate surface area is 340 Å². The van der Waals surface area contributed by atoms with Gasteiger partial charge < -0.3 is 5.11 Å². The van der Waals surface area contributed by atoms with Crippen LogP contribution in [-0.2, 0) is 10.8 Å². The van der Waals surface area contributed by atoms with E-state index in [-0.39, 0.29) is 16.6 Å². The Morgan fingerprint density at radius 2 is 1.10 bits per heavy atom. The van der Waals surface area contributed by atoms with E-state index in [1.165, 1.54) is 11.1 Å². The zero-order valence-electron chi connectivity index (χ0n) is 33.8. The molecule has 0 radical (unpaired) electrons. The first-order valence-corrected chi connectivity index (χ1v) is 19.9. The fourth-order valence-electron chi connectivity index (χ4n) is 7.90. The lowest BCUT2D eigenvalue weighted by molar-refractivity contribution is 0.477. The number of nitrogens with zero attached hydrogens (tertiary/aromatic N) is 4. The third kappa shape index (κ3) is 6.83. The highest BCUT2D eigenvalue weighted by Gasteiger charge is 2.22. The van der Waals surface area contributed by atoms with Crippen LogP contribution in [0.4, 0.5) is 0 Å². The number of hydrogen-bond donors (Lipinski definition) is 1. The zero-order valence-corrected chi connectivity index (χ0v) is 33.8. The maximum atomic E-state index is 11.0. The summed E-state index contributed by atoms with van der Waals surface area (Å²) in [4.78, 5) is 15.0. The van der Waals surface area contributed by atoms with Crippen LogP contribution in [0.5, 0.6) is 5.75 Å². The van der Waals surface area contributed by atoms with E-state index in [9.17, 15) is 5.11 Å². The van der Waals surface area contributed by atoms with Gasteiger partial charge in [0.2, 0.25) is 0 Å². The minimum absolute atomic E-state index is 0.0380. The molecule has 5 aromatic carbocycles. The van der Waals surface area contributed by atoms with Crippen molar-refractivity contribution in [3.63, 3.8) is 0 Å². The lowest BCUT2D eigenvalue weighted by atomic mass is 9.79. The van der Waals surface area contributed by atoms with Crippen LogP contribution in [0.25, 0.3) is 83.6 Å². The number of phenolic OH excluding ortho intramolecular Hbond substituents is 1. The van der Waals surface area contributed by atoms with Gasteiger partial charge in [-0.05, 0) is 117 Å². The van der Waals surface area contributed by atoms with Gasteiger partial charge in [0.25, 0.3) is 0 Å². The lowest BCUT2D eigenvalue weighted by Crippen LogP contribution is -2.16. The van der Waals surface area contributed by atoms with E-state index in [1.807, 2.05) is 42.7 Å². The van der Waals surface area contributed by atoms with Gasteiger partial charge in [-0.2, -0.15) is 0 Å². The van der Waals surface area contributed by atoms with Crippen LogP contribution in [0.1, 0.15) is 52.7 Å². The predicted octanol–water partition coefficient (Wildman–Crippen LogP) is 13.6. The van der Waals surface area contributed by atoms with E-state index >= 15 is 0 Å². The summed E-state index contributed by atoms with van der Waals surface area (Å²) in [7, 11) is 0. The van der Waals surface area contributed by atoms with Gasteiger partial charge in [0.1, 0.15) is 11.4 Å². The van der Waals surface area contributed by atoms with E-state index in [4.69, 9.17) is 15.0 Å². The summed E-state index contributed by atoms with van der Waals surface area (Å²) < 4.78 is 2.24. The van der Waals surface area contributed by atoms with Crippen LogP contribution in [0.2, 0.25) is 0 Å². The van der Waals surface area contributed by atoms with Crippen LogP contribution in [-0.4, -0.2) is 24.6 Å². The lowest BCUT2D eigenvalue weighted by Gasteiger charge is -2.26. The molecule has 5 nitrogen and oxygen atoms in total. The van der Waals surface area contributed by atoms with E-state index in [0.717, 1.165) is 72.4 Å². The van der Waals surface area contributed by atoms with Crippen LogP contribution < -0.4 is 0 Å². The second kappa shape index (κ2) is 14.3. The van der Waals surface area contributed by atoms with Gasteiger partial charge in [-0.25, -0.2) is 9.97 Å². The molecule has 58 heavy (non-hydrogen) atoms. The van der Waals surface area contributed by atoms with E-state index < -0.39 is 0 Å². The molecule has 9 rings (SSSR count). The van der Waals surface area contributed by atoms with Gasteiger partial charge >= 0.3 is 0 Å². The van der Waals surface area contributed by atoms with Gasteiger partial charge in [0.05, 0.1) is 22.6 Å². The molecule has 284 valence electrons. The molecule has 0 saturated carbocycles. The third-order valence-corrected chi connectivity index (χ3v) is 11.1. The van der Waals surface area contributed by atoms with Crippen molar-refractivity contribution in [2.45, 2.75) is 52.4 Å². The molecule has 4 heterocycles. The number of hydrogen-bond acceptors (Lipinski definition) is 4. The summed E-state index contributed by atoms with van der Waals surface area (Å²) in [6, 6.07) is 52.5. The van der Waals surface area contributed by atoms with Crippen molar-refractivity contribution >= 4 is 21.9 Å². The first-order chi connectivity index (χ1) is 27.9. The molecule has 0 aliphatic carbocycles. The highest BCUT2D eigenvalue weighted by atomic mass is 16.3. The van der Waals surface area contributed by atoms with Crippen LogP contribution >= 0.6 is 0 Å². The highest BCUT2D eigenvalue weighted by Crippen LogP contribution is 2.41. The molecule has 4 aromatic heterocycles. The SMILES string of the molecule is CC(C)(C)c1cc(-c2cc(-c3cccc(-c4cc(-c5cccc6c5c5cccnc5n6-c5ccccc5)ccn4)c3)nc(-c3ccccc3O)c2)cc(C(C)(C)C)c1. The van der Waals surface area contributed by atoms with Gasteiger partial charge in [0, 0.05) is 45.5 Å². The number of aromatic hydroxyl groups is 1. The number of phenols is 1. The Bertz CT molecular complexity index is 2950. The molecule has 0 fully saturated rings. The molecule has 9 aromatic rings. The quantitative estimate of drug-likeness (QED) is 0.184. The number of aromatic nitrogens is 4. The van der Waals surface area contributed by atoms with E-state index in [1.54, 1.807) is 6.07 Å². The summed E-state index contributed by atoms with van der Waals surface area (Å²) in [6.45, 7) is 13.6. The molecular weight excluding hydrogens is 709 g/mol. The monoisotopic (exact) mass is 754 g/mol. The van der Waals surface area contributed by atoms with Crippen molar-refractivity contribution < 1.29 is 5.11 Å². The van der Waals surface area contributed by atoms with Crippen molar-refractivity contribution in [3.8, 4) is 67.5 Å². The molecule has 0 aliphatic heterocycles. The fraction of sp³-hybridized carbons (Fsp3) is 0.151. The number of rotatable bonds is 6. The number of fused-ring (bicyclic) bond motifs is 3. The van der Waals surface area contributed by atoms with E-state index in [2.05, 4.69) is 161 Å². The minimum atomic E-state index is -0.0380. The minimum Gasteiger partial charge on any atom is -0.507 e. The number of para-hydroxylation sites is 2. The zero-order chi connectivity index (χ0) is 40.2.